The van der Waals surface area contributed by atoms with Crippen LogP contribution >= 0.6 is 15.9 Å². The molecule has 3 rings (SSSR count). The van der Waals surface area contributed by atoms with E-state index in [0.29, 0.717) is 28.0 Å². The normalized spacial score (nSPS) is 17.1. The summed E-state index contributed by atoms with van der Waals surface area (Å²) in [5.41, 5.74) is 6.62. The Balaban J connectivity index is 1.89. The van der Waals surface area contributed by atoms with E-state index in [-0.39, 0.29) is 0 Å². The van der Waals surface area contributed by atoms with Crippen LogP contribution in [0.1, 0.15) is 28.4 Å². The van der Waals surface area contributed by atoms with Gasteiger partial charge in [-0.3, -0.25) is 14.9 Å². The van der Waals surface area contributed by atoms with Crippen molar-refractivity contribution in [1.82, 2.24) is 5.32 Å². The van der Waals surface area contributed by atoms with Crippen molar-refractivity contribution in [2.45, 2.75) is 12.5 Å². The third-order valence-electron chi connectivity index (χ3n) is 4.30. The molecule has 0 saturated heterocycles. The number of amides is 2. The summed E-state index contributed by atoms with van der Waals surface area (Å²) in [6.45, 7) is 1.41. The number of nitrogens with one attached hydrogen (secondary N) is 2. The molecule has 1 atom stereocenters. The molecular weight excluding hydrogens is 414 g/mol. The maximum Gasteiger partial charge on any atom is 0.328 e. The molecule has 27 heavy (non-hydrogen) atoms. The Kier molecular flexibility index (Phi) is 4.86. The molecule has 0 radical (unpaired) electrons. The predicted octanol–water partition coefficient (Wildman–Crippen LogP) is 2.43. The summed E-state index contributed by atoms with van der Waals surface area (Å²) in [5.74, 6) is -2.08. The van der Waals surface area contributed by atoms with Crippen molar-refractivity contribution in [3.63, 3.8) is 0 Å². The summed E-state index contributed by atoms with van der Waals surface area (Å²) >= 11 is 3.34. The van der Waals surface area contributed by atoms with E-state index in [0.717, 1.165) is 4.47 Å². The second-order valence-corrected chi connectivity index (χ2v) is 7.18. The monoisotopic (exact) mass is 429 g/mol. The van der Waals surface area contributed by atoms with Gasteiger partial charge in [-0.15, -0.1) is 0 Å². The second kappa shape index (κ2) is 6.98. The van der Waals surface area contributed by atoms with Crippen LogP contribution in [-0.2, 0) is 15.1 Å². The number of halogens is 1. The van der Waals surface area contributed by atoms with Crippen LogP contribution in [0.15, 0.2) is 53.1 Å². The van der Waals surface area contributed by atoms with Crippen molar-refractivity contribution >= 4 is 45.0 Å². The number of hydrogen-bond donors (Lipinski definition) is 4. The summed E-state index contributed by atoms with van der Waals surface area (Å²) in [5, 5.41) is 14.5. The van der Waals surface area contributed by atoms with Crippen LogP contribution in [-0.4, -0.2) is 22.9 Å². The first-order valence-electron chi connectivity index (χ1n) is 7.95. The molecule has 1 heterocycles. The minimum Gasteiger partial charge on any atom is -0.480 e. The van der Waals surface area contributed by atoms with Gasteiger partial charge in [0, 0.05) is 27.5 Å². The molecule has 5 N–H and O–H groups in total. The van der Waals surface area contributed by atoms with Crippen LogP contribution in [0.25, 0.3) is 5.57 Å². The zero-order valence-corrected chi connectivity index (χ0v) is 15.8. The summed E-state index contributed by atoms with van der Waals surface area (Å²) in [7, 11) is 0. The highest BCUT2D eigenvalue weighted by Gasteiger charge is 2.30. The number of carbonyl (C=O) groups is 3. The van der Waals surface area contributed by atoms with Crippen molar-refractivity contribution in [2.24, 2.45) is 5.73 Å². The molecule has 0 aromatic heterocycles. The fourth-order valence-corrected chi connectivity index (χ4v) is 2.99. The van der Waals surface area contributed by atoms with Crippen molar-refractivity contribution < 1.29 is 19.5 Å². The fraction of sp³-hybridized carbons (Fsp3) is 0.105. The molecule has 138 valence electrons. The van der Waals surface area contributed by atoms with Crippen molar-refractivity contribution in [2.75, 3.05) is 5.32 Å². The van der Waals surface area contributed by atoms with Gasteiger partial charge in [-0.2, -0.15) is 0 Å². The molecule has 2 aromatic carbocycles. The van der Waals surface area contributed by atoms with Gasteiger partial charge < -0.3 is 16.2 Å². The van der Waals surface area contributed by atoms with E-state index in [1.54, 1.807) is 42.5 Å². The van der Waals surface area contributed by atoms with E-state index in [4.69, 9.17) is 5.73 Å². The first-order valence-corrected chi connectivity index (χ1v) is 8.74. The quantitative estimate of drug-likeness (QED) is 0.437. The van der Waals surface area contributed by atoms with Gasteiger partial charge in [0.2, 0.25) is 0 Å². The molecular formula is C19H16BrN3O4. The second-order valence-electron chi connectivity index (χ2n) is 6.26. The van der Waals surface area contributed by atoms with Gasteiger partial charge in [0.1, 0.15) is 5.54 Å². The van der Waals surface area contributed by atoms with Gasteiger partial charge in [0.15, 0.2) is 0 Å². The minimum atomic E-state index is -1.49. The molecule has 0 saturated carbocycles. The van der Waals surface area contributed by atoms with Crippen LogP contribution in [0.2, 0.25) is 0 Å². The van der Waals surface area contributed by atoms with Gasteiger partial charge in [-0.25, -0.2) is 4.79 Å². The van der Waals surface area contributed by atoms with Gasteiger partial charge in [0.05, 0.1) is 5.57 Å². The van der Waals surface area contributed by atoms with E-state index in [1.807, 2.05) is 0 Å². The largest absolute Gasteiger partial charge is 0.480 e. The lowest BCUT2D eigenvalue weighted by atomic mass is 9.93. The van der Waals surface area contributed by atoms with Gasteiger partial charge >= 0.3 is 5.97 Å². The molecule has 2 amide bonds. The highest BCUT2D eigenvalue weighted by Crippen LogP contribution is 2.27. The average molecular weight is 430 g/mol. The highest BCUT2D eigenvalue weighted by atomic mass is 79.9. The van der Waals surface area contributed by atoms with Gasteiger partial charge in [-0.05, 0) is 42.8 Å². The number of fused-ring (bicyclic) bond motifs is 1. The molecule has 0 spiro atoms. The van der Waals surface area contributed by atoms with Crippen molar-refractivity contribution in [3.05, 3.63) is 69.8 Å². The smallest absolute Gasteiger partial charge is 0.328 e. The molecule has 8 heteroatoms. The fourth-order valence-electron chi connectivity index (χ4n) is 2.63. The van der Waals surface area contributed by atoms with E-state index < -0.39 is 23.3 Å². The number of carboxylic acid groups (broad SMARTS) is 1. The lowest BCUT2D eigenvalue weighted by molar-refractivity contribution is -0.143. The Hall–Kier alpha value is -2.97. The number of imide groups is 1. The number of benzene rings is 2. The molecule has 2 aromatic rings. The molecule has 7 nitrogen and oxygen atoms in total. The van der Waals surface area contributed by atoms with E-state index in [9.17, 15) is 19.5 Å². The van der Waals surface area contributed by atoms with Crippen molar-refractivity contribution in [3.8, 4) is 0 Å². The Labute approximate surface area is 163 Å². The van der Waals surface area contributed by atoms with Crippen molar-refractivity contribution in [1.29, 1.82) is 0 Å². The molecule has 1 aliphatic rings. The van der Waals surface area contributed by atoms with Crippen LogP contribution in [0.3, 0.4) is 0 Å². The third-order valence-corrected chi connectivity index (χ3v) is 4.79. The predicted molar refractivity (Wildman–Crippen MR) is 104 cm³/mol. The number of hydrogen-bond acceptors (Lipinski definition) is 5. The van der Waals surface area contributed by atoms with Crippen LogP contribution < -0.4 is 16.4 Å². The van der Waals surface area contributed by atoms with E-state index in [1.165, 1.54) is 13.1 Å². The first-order chi connectivity index (χ1) is 12.7. The summed E-state index contributed by atoms with van der Waals surface area (Å²) < 4.78 is 0.745. The standard InChI is InChI=1S/C19H16BrN3O4/c1-19(21,18(26)27)10-2-5-12(6-3-10)22-9-15-14-8-11(20)4-7-13(14)16(24)23-17(15)25/h2-9,22H,21H2,1H3,(H,26,27)(H,23,24,25). The lowest BCUT2D eigenvalue weighted by Gasteiger charge is -2.20. The van der Waals surface area contributed by atoms with Crippen LogP contribution in [0, 0.1) is 0 Å². The summed E-state index contributed by atoms with van der Waals surface area (Å²) in [6.07, 6.45) is 1.50. The average Bonchev–Trinajstić information content (AvgIpc) is 2.61. The number of rotatable bonds is 4. The Bertz CT molecular complexity index is 981. The molecule has 0 bridgehead atoms. The number of carboxylic acids is 1. The van der Waals surface area contributed by atoms with Crippen LogP contribution in [0.4, 0.5) is 5.69 Å². The molecule has 0 fully saturated rings. The Morgan fingerprint density at radius 3 is 2.44 bits per heavy atom. The zero-order chi connectivity index (χ0) is 19.8. The Morgan fingerprint density at radius 2 is 1.81 bits per heavy atom. The number of aliphatic carboxylic acids is 1. The summed E-state index contributed by atoms with van der Waals surface area (Å²) in [4.78, 5) is 35.4. The maximum atomic E-state index is 12.2. The summed E-state index contributed by atoms with van der Waals surface area (Å²) in [6, 6.07) is 11.6. The third kappa shape index (κ3) is 3.62. The van der Waals surface area contributed by atoms with E-state index in [2.05, 4.69) is 26.6 Å². The maximum absolute atomic E-state index is 12.2. The zero-order valence-electron chi connectivity index (χ0n) is 14.2. The lowest BCUT2D eigenvalue weighted by Crippen LogP contribution is -2.41. The molecule has 0 aliphatic carbocycles. The minimum absolute atomic E-state index is 0.309. The molecule has 1 unspecified atom stereocenters. The van der Waals surface area contributed by atoms with Gasteiger partial charge in [-0.1, -0.05) is 28.1 Å². The number of anilines is 1. The Morgan fingerprint density at radius 1 is 1.15 bits per heavy atom. The number of nitrogens with two attached hydrogens (primary N) is 1. The highest BCUT2D eigenvalue weighted by molar-refractivity contribution is 9.10. The van der Waals surface area contributed by atoms with E-state index >= 15 is 0 Å². The van der Waals surface area contributed by atoms with Gasteiger partial charge in [0.25, 0.3) is 11.8 Å². The first kappa shape index (κ1) is 18.8. The van der Waals surface area contributed by atoms with Crippen LogP contribution in [0.5, 0.6) is 0 Å². The number of carbonyl (C=O) groups excluding carboxylic acids is 2. The molecule has 1 aliphatic heterocycles. The topological polar surface area (TPSA) is 122 Å². The SMILES string of the molecule is CC(N)(C(=O)O)c1ccc(NC=C2C(=O)NC(=O)c3ccc(Br)cc32)cc1.